The van der Waals surface area contributed by atoms with Crippen molar-refractivity contribution in [2.24, 2.45) is 17.7 Å². The van der Waals surface area contributed by atoms with Crippen LogP contribution in [-0.2, 0) is 0 Å². The monoisotopic (exact) mass is 226 g/mol. The van der Waals surface area contributed by atoms with E-state index in [9.17, 15) is 0 Å². The van der Waals surface area contributed by atoms with E-state index in [0.29, 0.717) is 12.0 Å². The van der Waals surface area contributed by atoms with E-state index in [1.807, 2.05) is 0 Å². The molecule has 3 N–H and O–H groups in total. The highest BCUT2D eigenvalue weighted by atomic mass is 15.2. The summed E-state index contributed by atoms with van der Waals surface area (Å²) >= 11 is 0. The van der Waals surface area contributed by atoms with Crippen molar-refractivity contribution >= 4 is 10.8 Å². The van der Waals surface area contributed by atoms with Gasteiger partial charge in [0.05, 0.1) is 0 Å². The fraction of sp³-hybridized carbons (Fsp3) is 0.333. The summed E-state index contributed by atoms with van der Waals surface area (Å²) in [7, 11) is 0. The fourth-order valence-electron chi connectivity index (χ4n) is 2.68. The number of nitrogens with two attached hydrogens (primary N) is 1. The molecule has 0 spiro atoms. The highest BCUT2D eigenvalue weighted by Crippen LogP contribution is 2.46. The summed E-state index contributed by atoms with van der Waals surface area (Å²) in [6, 6.07) is 15.4. The second-order valence-electron chi connectivity index (χ2n) is 5.13. The van der Waals surface area contributed by atoms with Crippen molar-refractivity contribution in [3.8, 4) is 0 Å². The summed E-state index contributed by atoms with van der Waals surface area (Å²) in [6.07, 6.45) is 1.28. The smallest absolute Gasteiger partial charge is 0.0491 e. The molecular weight excluding hydrogens is 208 g/mol. The largest absolute Gasteiger partial charge is 0.271 e. The molecule has 3 atom stereocenters. The molecule has 0 heterocycles. The minimum absolute atomic E-state index is 0.301. The maximum Gasteiger partial charge on any atom is 0.0491 e. The Kier molecular flexibility index (Phi) is 2.61. The number of hydrogen-bond donors (Lipinski definition) is 2. The van der Waals surface area contributed by atoms with Crippen LogP contribution in [0.3, 0.4) is 0 Å². The van der Waals surface area contributed by atoms with Gasteiger partial charge in [-0.3, -0.25) is 11.3 Å². The van der Waals surface area contributed by atoms with E-state index < -0.39 is 0 Å². The van der Waals surface area contributed by atoms with Crippen molar-refractivity contribution in [2.75, 3.05) is 0 Å². The normalized spacial score (nSPS) is 24.8. The standard InChI is InChI=1S/C15H18N2/c1-10-8-14(10)15(17-16)13-7-6-11-4-2-3-5-12(11)9-13/h2-7,9-10,14-15,17H,8,16H2,1H3. The first-order chi connectivity index (χ1) is 8.29. The van der Waals surface area contributed by atoms with E-state index in [1.54, 1.807) is 0 Å². The van der Waals surface area contributed by atoms with Gasteiger partial charge in [-0.15, -0.1) is 0 Å². The van der Waals surface area contributed by atoms with Crippen LogP contribution in [0.25, 0.3) is 10.8 Å². The predicted molar refractivity (Wildman–Crippen MR) is 71.3 cm³/mol. The van der Waals surface area contributed by atoms with Crippen LogP contribution < -0.4 is 11.3 Å². The number of fused-ring (bicyclic) bond motifs is 1. The quantitative estimate of drug-likeness (QED) is 0.623. The lowest BCUT2D eigenvalue weighted by Crippen LogP contribution is -2.29. The highest BCUT2D eigenvalue weighted by molar-refractivity contribution is 5.83. The van der Waals surface area contributed by atoms with Gasteiger partial charge in [0.1, 0.15) is 0 Å². The van der Waals surface area contributed by atoms with Crippen molar-refractivity contribution in [1.29, 1.82) is 0 Å². The molecule has 1 fully saturated rings. The van der Waals surface area contributed by atoms with Gasteiger partial charge in [-0.2, -0.15) is 0 Å². The molecular formula is C15H18N2. The molecule has 17 heavy (non-hydrogen) atoms. The second kappa shape index (κ2) is 4.13. The van der Waals surface area contributed by atoms with Gasteiger partial charge in [0.15, 0.2) is 0 Å². The highest BCUT2D eigenvalue weighted by Gasteiger charge is 2.39. The van der Waals surface area contributed by atoms with E-state index in [2.05, 4.69) is 54.8 Å². The van der Waals surface area contributed by atoms with Crippen molar-refractivity contribution in [3.05, 3.63) is 48.0 Å². The Balaban J connectivity index is 1.99. The molecule has 88 valence electrons. The molecule has 1 aliphatic rings. The molecule has 0 radical (unpaired) electrons. The van der Waals surface area contributed by atoms with Crippen LogP contribution in [0.15, 0.2) is 42.5 Å². The van der Waals surface area contributed by atoms with Crippen LogP contribution >= 0.6 is 0 Å². The van der Waals surface area contributed by atoms with Gasteiger partial charge in [0.25, 0.3) is 0 Å². The Labute approximate surface area is 102 Å². The fourth-order valence-corrected chi connectivity index (χ4v) is 2.68. The minimum atomic E-state index is 0.301. The maximum atomic E-state index is 5.70. The number of benzene rings is 2. The molecule has 2 aromatic carbocycles. The molecule has 2 heteroatoms. The van der Waals surface area contributed by atoms with Gasteiger partial charge < -0.3 is 0 Å². The summed E-state index contributed by atoms with van der Waals surface area (Å²) in [5.74, 6) is 7.19. The molecule has 1 aliphatic carbocycles. The first-order valence-corrected chi connectivity index (χ1v) is 6.24. The van der Waals surface area contributed by atoms with Gasteiger partial charge in [-0.05, 0) is 40.7 Å². The summed E-state index contributed by atoms with van der Waals surface area (Å²) in [5.41, 5.74) is 4.28. The average molecular weight is 226 g/mol. The number of hydrazine groups is 1. The van der Waals surface area contributed by atoms with Gasteiger partial charge >= 0.3 is 0 Å². The van der Waals surface area contributed by atoms with Gasteiger partial charge in [0, 0.05) is 6.04 Å². The number of hydrogen-bond acceptors (Lipinski definition) is 2. The van der Waals surface area contributed by atoms with Crippen molar-refractivity contribution < 1.29 is 0 Å². The zero-order valence-electron chi connectivity index (χ0n) is 10.1. The van der Waals surface area contributed by atoms with Crippen molar-refractivity contribution in [3.63, 3.8) is 0 Å². The van der Waals surface area contributed by atoms with E-state index in [4.69, 9.17) is 5.84 Å². The first-order valence-electron chi connectivity index (χ1n) is 6.24. The summed E-state index contributed by atoms with van der Waals surface area (Å²) < 4.78 is 0. The van der Waals surface area contributed by atoms with Crippen LogP contribution in [-0.4, -0.2) is 0 Å². The van der Waals surface area contributed by atoms with Gasteiger partial charge in [-0.1, -0.05) is 43.3 Å². The van der Waals surface area contributed by atoms with Crippen molar-refractivity contribution in [2.45, 2.75) is 19.4 Å². The van der Waals surface area contributed by atoms with Crippen LogP contribution in [0.2, 0.25) is 0 Å². The molecule has 3 unspecified atom stereocenters. The van der Waals surface area contributed by atoms with E-state index in [0.717, 1.165) is 5.92 Å². The van der Waals surface area contributed by atoms with E-state index in [-0.39, 0.29) is 0 Å². The maximum absolute atomic E-state index is 5.70. The summed E-state index contributed by atoms with van der Waals surface area (Å²) in [4.78, 5) is 0. The van der Waals surface area contributed by atoms with Crippen LogP contribution in [0.1, 0.15) is 24.9 Å². The molecule has 0 aliphatic heterocycles. The predicted octanol–water partition coefficient (Wildman–Crippen LogP) is 3.00. The Morgan fingerprint density at radius 2 is 1.88 bits per heavy atom. The van der Waals surface area contributed by atoms with Gasteiger partial charge in [-0.25, -0.2) is 0 Å². The average Bonchev–Trinajstić information content (AvgIpc) is 3.07. The van der Waals surface area contributed by atoms with Gasteiger partial charge in [0.2, 0.25) is 0 Å². The first kappa shape index (κ1) is 10.8. The minimum Gasteiger partial charge on any atom is -0.271 e. The lowest BCUT2D eigenvalue weighted by atomic mass is 9.98. The third-order valence-electron chi connectivity index (χ3n) is 3.91. The molecule has 3 rings (SSSR count). The zero-order chi connectivity index (χ0) is 11.8. The van der Waals surface area contributed by atoms with Crippen LogP contribution in [0, 0.1) is 11.8 Å². The third kappa shape index (κ3) is 1.94. The van der Waals surface area contributed by atoms with E-state index in [1.165, 1.54) is 22.8 Å². The topological polar surface area (TPSA) is 38.0 Å². The SMILES string of the molecule is CC1CC1C(NN)c1ccc2ccccc2c1. The van der Waals surface area contributed by atoms with Crippen molar-refractivity contribution in [1.82, 2.24) is 5.43 Å². The lowest BCUT2D eigenvalue weighted by Gasteiger charge is -2.16. The van der Waals surface area contributed by atoms with Crippen LogP contribution in [0.4, 0.5) is 0 Å². The Morgan fingerprint density at radius 1 is 1.18 bits per heavy atom. The van der Waals surface area contributed by atoms with E-state index >= 15 is 0 Å². The molecule has 0 amide bonds. The molecule has 0 bridgehead atoms. The number of rotatable bonds is 3. The molecule has 0 saturated heterocycles. The van der Waals surface area contributed by atoms with Crippen LogP contribution in [0.5, 0.6) is 0 Å². The lowest BCUT2D eigenvalue weighted by molar-refractivity contribution is 0.476. The third-order valence-corrected chi connectivity index (χ3v) is 3.91. The summed E-state index contributed by atoms with van der Waals surface area (Å²) in [6.45, 7) is 2.29. The Hall–Kier alpha value is -1.38. The molecule has 2 nitrogen and oxygen atoms in total. The Morgan fingerprint density at radius 3 is 2.53 bits per heavy atom. The number of nitrogens with one attached hydrogen (secondary N) is 1. The summed E-state index contributed by atoms with van der Waals surface area (Å²) in [5, 5.41) is 2.58. The molecule has 1 saturated carbocycles. The zero-order valence-corrected chi connectivity index (χ0v) is 10.1. The Bertz CT molecular complexity index is 535. The molecule has 2 aromatic rings. The second-order valence-corrected chi connectivity index (χ2v) is 5.13. The molecule has 0 aromatic heterocycles.